The molecule has 7 heteroatoms. The number of benzene rings is 3. The summed E-state index contributed by atoms with van der Waals surface area (Å²) in [5.74, 6) is -0.205. The SMILES string of the molecule is O=C(CN1C[C@@H](c2ccccc2)CC1=O)N/N=C\c1cn(Cc2ccc(Cl)cc2)c2ccccc12. The molecule has 0 bridgehead atoms. The van der Waals surface area contributed by atoms with Gasteiger partial charge >= 0.3 is 0 Å². The normalized spacial score (nSPS) is 15.9. The van der Waals surface area contributed by atoms with Crippen molar-refractivity contribution in [3.05, 3.63) is 107 Å². The smallest absolute Gasteiger partial charge is 0.259 e. The summed E-state index contributed by atoms with van der Waals surface area (Å²) in [5, 5.41) is 5.93. The van der Waals surface area contributed by atoms with E-state index in [1.54, 1.807) is 11.1 Å². The third-order valence-electron chi connectivity index (χ3n) is 6.30. The maximum Gasteiger partial charge on any atom is 0.259 e. The summed E-state index contributed by atoms with van der Waals surface area (Å²) in [7, 11) is 0. The zero-order valence-electron chi connectivity index (χ0n) is 19.1. The van der Waals surface area contributed by atoms with E-state index in [1.165, 1.54) is 0 Å². The fourth-order valence-corrected chi connectivity index (χ4v) is 4.68. The maximum absolute atomic E-state index is 12.5. The monoisotopic (exact) mass is 484 g/mol. The van der Waals surface area contributed by atoms with E-state index < -0.39 is 0 Å². The zero-order valence-corrected chi connectivity index (χ0v) is 19.9. The van der Waals surface area contributed by atoms with Gasteiger partial charge < -0.3 is 9.47 Å². The standard InChI is InChI=1S/C28H25ClN4O2/c29-24-12-10-20(11-13-24)16-32-18-23(25-8-4-5-9-26(25)32)15-30-31-27(34)19-33-17-22(14-28(33)35)21-6-2-1-3-7-21/h1-13,15,18,22H,14,16-17,19H2,(H,31,34)/b30-15-/t22-/m0/s1. The van der Waals surface area contributed by atoms with E-state index in [4.69, 9.17) is 11.6 Å². The number of nitrogens with one attached hydrogen (secondary N) is 1. The van der Waals surface area contributed by atoms with Crippen LogP contribution < -0.4 is 5.43 Å². The lowest BCUT2D eigenvalue weighted by atomic mass is 9.99. The molecular weight excluding hydrogens is 460 g/mol. The van der Waals surface area contributed by atoms with Crippen molar-refractivity contribution in [3.63, 3.8) is 0 Å². The number of nitrogens with zero attached hydrogens (tertiary/aromatic N) is 3. The molecule has 2 heterocycles. The number of hydrazone groups is 1. The first-order chi connectivity index (χ1) is 17.1. The summed E-state index contributed by atoms with van der Waals surface area (Å²) in [5.41, 5.74) is 6.81. The summed E-state index contributed by atoms with van der Waals surface area (Å²) in [6.45, 7) is 1.23. The Hall–Kier alpha value is -3.90. The van der Waals surface area contributed by atoms with Gasteiger partial charge in [-0.1, -0.05) is 72.3 Å². The number of aromatic nitrogens is 1. The number of amides is 2. The van der Waals surface area contributed by atoms with Gasteiger partial charge in [-0.05, 0) is 29.3 Å². The van der Waals surface area contributed by atoms with Crippen LogP contribution >= 0.6 is 11.6 Å². The average molecular weight is 485 g/mol. The second-order valence-electron chi connectivity index (χ2n) is 8.74. The first kappa shape index (κ1) is 22.9. The van der Waals surface area contributed by atoms with E-state index in [9.17, 15) is 9.59 Å². The van der Waals surface area contributed by atoms with Gasteiger partial charge in [-0.25, -0.2) is 5.43 Å². The highest BCUT2D eigenvalue weighted by Crippen LogP contribution is 2.27. The minimum Gasteiger partial charge on any atom is -0.342 e. The molecule has 0 unspecified atom stereocenters. The van der Waals surface area contributed by atoms with Crippen LogP contribution in [0.15, 0.2) is 90.2 Å². The first-order valence-electron chi connectivity index (χ1n) is 11.5. The molecule has 1 N–H and O–H groups in total. The highest BCUT2D eigenvalue weighted by molar-refractivity contribution is 6.30. The number of para-hydroxylation sites is 1. The molecule has 2 amide bonds. The maximum atomic E-state index is 12.5. The molecule has 1 fully saturated rings. The molecule has 0 radical (unpaired) electrons. The number of fused-ring (bicyclic) bond motifs is 1. The second kappa shape index (κ2) is 10.2. The Kier molecular flexibility index (Phi) is 6.64. The third-order valence-corrected chi connectivity index (χ3v) is 6.55. The molecule has 0 aliphatic carbocycles. The van der Waals surface area contributed by atoms with E-state index in [-0.39, 0.29) is 24.3 Å². The number of carbonyl (C=O) groups excluding carboxylic acids is 2. The fourth-order valence-electron chi connectivity index (χ4n) is 4.55. The van der Waals surface area contributed by atoms with Gasteiger partial charge in [-0.3, -0.25) is 9.59 Å². The van der Waals surface area contributed by atoms with Crippen molar-refractivity contribution in [1.82, 2.24) is 14.9 Å². The molecule has 0 spiro atoms. The number of hydrogen-bond donors (Lipinski definition) is 1. The molecule has 0 saturated carbocycles. The number of rotatable bonds is 7. The van der Waals surface area contributed by atoms with Crippen molar-refractivity contribution in [2.75, 3.05) is 13.1 Å². The number of carbonyl (C=O) groups is 2. The molecule has 35 heavy (non-hydrogen) atoms. The van der Waals surface area contributed by atoms with E-state index in [0.29, 0.717) is 24.5 Å². The van der Waals surface area contributed by atoms with E-state index in [0.717, 1.165) is 27.6 Å². The molecule has 1 aromatic heterocycles. The van der Waals surface area contributed by atoms with Gasteiger partial charge in [0.2, 0.25) is 5.91 Å². The lowest BCUT2D eigenvalue weighted by Crippen LogP contribution is -2.36. The van der Waals surface area contributed by atoms with Crippen LogP contribution in [0.25, 0.3) is 10.9 Å². The number of halogens is 1. The van der Waals surface area contributed by atoms with Crippen molar-refractivity contribution < 1.29 is 9.59 Å². The van der Waals surface area contributed by atoms with Crippen molar-refractivity contribution in [2.45, 2.75) is 18.9 Å². The van der Waals surface area contributed by atoms with Crippen molar-refractivity contribution in [1.29, 1.82) is 0 Å². The molecule has 5 rings (SSSR count). The van der Waals surface area contributed by atoms with E-state index >= 15 is 0 Å². The molecule has 176 valence electrons. The summed E-state index contributed by atoms with van der Waals surface area (Å²) in [4.78, 5) is 26.5. The predicted octanol–water partition coefficient (Wildman–Crippen LogP) is 4.81. The Morgan fingerprint density at radius 1 is 1.03 bits per heavy atom. The quantitative estimate of drug-likeness (QED) is 0.302. The molecule has 6 nitrogen and oxygen atoms in total. The molecule has 1 saturated heterocycles. The van der Waals surface area contributed by atoms with Crippen LogP contribution in [0, 0.1) is 0 Å². The molecule has 4 aromatic rings. The van der Waals surface area contributed by atoms with Gasteiger partial charge in [0.15, 0.2) is 0 Å². The van der Waals surface area contributed by atoms with Gasteiger partial charge in [0, 0.05) is 53.1 Å². The Bertz CT molecular complexity index is 1380. The van der Waals surface area contributed by atoms with Gasteiger partial charge in [-0.2, -0.15) is 5.10 Å². The van der Waals surface area contributed by atoms with Crippen LogP contribution in [0.2, 0.25) is 5.02 Å². The Labute approximate surface area is 208 Å². The minimum absolute atomic E-state index is 0.00215. The first-order valence-corrected chi connectivity index (χ1v) is 11.9. The second-order valence-corrected chi connectivity index (χ2v) is 9.17. The van der Waals surface area contributed by atoms with Crippen molar-refractivity contribution in [2.24, 2.45) is 5.10 Å². The van der Waals surface area contributed by atoms with Crippen LogP contribution in [-0.2, 0) is 16.1 Å². The van der Waals surface area contributed by atoms with Crippen molar-refractivity contribution >= 4 is 40.5 Å². The largest absolute Gasteiger partial charge is 0.342 e. The lowest BCUT2D eigenvalue weighted by molar-refractivity contribution is -0.133. The molecule has 1 aliphatic heterocycles. The van der Waals surface area contributed by atoms with Crippen LogP contribution in [0.1, 0.15) is 29.0 Å². The molecular formula is C28H25ClN4O2. The Morgan fingerprint density at radius 2 is 1.77 bits per heavy atom. The summed E-state index contributed by atoms with van der Waals surface area (Å²) in [6, 6.07) is 25.8. The van der Waals surface area contributed by atoms with Gasteiger partial charge in [0.05, 0.1) is 6.21 Å². The molecule has 1 aliphatic rings. The van der Waals surface area contributed by atoms with Crippen LogP contribution in [0.5, 0.6) is 0 Å². The van der Waals surface area contributed by atoms with Gasteiger partial charge in [-0.15, -0.1) is 0 Å². The van der Waals surface area contributed by atoms with Crippen LogP contribution in [-0.4, -0.2) is 40.6 Å². The zero-order chi connectivity index (χ0) is 24.2. The fraction of sp³-hybridized carbons (Fsp3) is 0.179. The van der Waals surface area contributed by atoms with E-state index in [2.05, 4.69) is 21.2 Å². The Balaban J connectivity index is 1.23. The summed E-state index contributed by atoms with van der Waals surface area (Å²) in [6.07, 6.45) is 4.09. The predicted molar refractivity (Wildman–Crippen MR) is 139 cm³/mol. The lowest BCUT2D eigenvalue weighted by Gasteiger charge is -2.15. The van der Waals surface area contributed by atoms with E-state index in [1.807, 2.05) is 79.0 Å². The minimum atomic E-state index is -0.312. The van der Waals surface area contributed by atoms with Gasteiger partial charge in [0.1, 0.15) is 6.54 Å². The average Bonchev–Trinajstić information content (AvgIpc) is 3.41. The highest BCUT2D eigenvalue weighted by Gasteiger charge is 2.31. The number of likely N-dealkylation sites (tertiary alicyclic amines) is 1. The number of hydrogen-bond acceptors (Lipinski definition) is 3. The van der Waals surface area contributed by atoms with Crippen LogP contribution in [0.3, 0.4) is 0 Å². The molecule has 3 aromatic carbocycles. The summed E-state index contributed by atoms with van der Waals surface area (Å²) < 4.78 is 2.15. The topological polar surface area (TPSA) is 66.7 Å². The van der Waals surface area contributed by atoms with Crippen molar-refractivity contribution in [3.8, 4) is 0 Å². The van der Waals surface area contributed by atoms with Crippen LogP contribution in [0.4, 0.5) is 0 Å². The highest BCUT2D eigenvalue weighted by atomic mass is 35.5. The Morgan fingerprint density at radius 3 is 2.57 bits per heavy atom. The molecule has 1 atom stereocenters. The van der Waals surface area contributed by atoms with Gasteiger partial charge in [0.25, 0.3) is 5.91 Å². The third kappa shape index (κ3) is 5.28. The summed E-state index contributed by atoms with van der Waals surface area (Å²) >= 11 is 6.01.